The molecule has 164 valence electrons. The normalized spacial score (nSPS) is 9.84. The number of aryl methyl sites for hydroxylation is 1. The van der Waals surface area contributed by atoms with E-state index in [2.05, 4.69) is 22.2 Å². The maximum atomic E-state index is 9.15. The number of nitrogens with zero attached hydrogens (tertiary/aromatic N) is 1. The molecule has 0 aliphatic carbocycles. The molecule has 0 saturated heterocycles. The number of ether oxygens (including phenoxy) is 2. The number of hydrazine groups is 2. The number of hydrogen-bond acceptors (Lipinski definition) is 7. The van der Waals surface area contributed by atoms with Gasteiger partial charge in [-0.2, -0.15) is 5.53 Å². The summed E-state index contributed by atoms with van der Waals surface area (Å²) >= 11 is 5.99. The Morgan fingerprint density at radius 2 is 1.90 bits per heavy atom. The van der Waals surface area contributed by atoms with Gasteiger partial charge in [0.2, 0.25) is 6.41 Å². The van der Waals surface area contributed by atoms with Crippen molar-refractivity contribution in [2.45, 2.75) is 13.5 Å². The Hall–Kier alpha value is -3.33. The van der Waals surface area contributed by atoms with Gasteiger partial charge in [-0.05, 0) is 55.0 Å². The van der Waals surface area contributed by atoms with Crippen molar-refractivity contribution in [3.05, 3.63) is 70.9 Å². The first-order chi connectivity index (χ1) is 15.0. The molecule has 0 radical (unpaired) electrons. The zero-order valence-electron chi connectivity index (χ0n) is 17.6. The lowest BCUT2D eigenvalue weighted by atomic mass is 10.1. The minimum absolute atomic E-state index is 0.412. The molecule has 3 rings (SSSR count). The van der Waals surface area contributed by atoms with Crippen molar-refractivity contribution >= 4 is 23.7 Å². The van der Waals surface area contributed by atoms with Crippen LogP contribution >= 0.6 is 11.6 Å². The lowest BCUT2D eigenvalue weighted by Gasteiger charge is -2.16. The number of methoxy groups -OCH3 is 1. The SMILES string of the molecule is CNc1cccc(OC)c1COc1ccc(-c2cccc(Cl)n2)cc1C.NNNC=O. The van der Waals surface area contributed by atoms with Gasteiger partial charge in [-0.25, -0.2) is 4.98 Å². The molecule has 5 N–H and O–H groups in total. The number of aromatic nitrogens is 1. The van der Waals surface area contributed by atoms with E-state index in [-0.39, 0.29) is 0 Å². The van der Waals surface area contributed by atoms with Crippen molar-refractivity contribution in [3.8, 4) is 22.8 Å². The molecule has 1 amide bonds. The Kier molecular flexibility index (Phi) is 9.57. The van der Waals surface area contributed by atoms with Crippen molar-refractivity contribution < 1.29 is 14.3 Å². The highest BCUT2D eigenvalue weighted by Gasteiger charge is 2.11. The van der Waals surface area contributed by atoms with E-state index in [4.69, 9.17) is 25.9 Å². The molecule has 0 aliphatic rings. The van der Waals surface area contributed by atoms with Gasteiger partial charge in [-0.1, -0.05) is 23.7 Å². The van der Waals surface area contributed by atoms with Crippen LogP contribution in [0.3, 0.4) is 0 Å². The molecule has 0 fully saturated rings. The van der Waals surface area contributed by atoms with Crippen LogP contribution in [0.1, 0.15) is 11.1 Å². The lowest BCUT2D eigenvalue weighted by molar-refractivity contribution is -0.110. The van der Waals surface area contributed by atoms with Crippen molar-refractivity contribution in [3.63, 3.8) is 0 Å². The molecular weight excluding hydrogens is 418 g/mol. The van der Waals surface area contributed by atoms with Gasteiger partial charge >= 0.3 is 0 Å². The highest BCUT2D eigenvalue weighted by Crippen LogP contribution is 2.30. The fraction of sp³-hybridized carbons (Fsp3) is 0.182. The van der Waals surface area contributed by atoms with Gasteiger partial charge in [-0.15, -0.1) is 0 Å². The third-order valence-electron chi connectivity index (χ3n) is 4.32. The molecule has 1 heterocycles. The number of carbonyl (C=O) groups is 1. The minimum Gasteiger partial charge on any atom is -0.496 e. The van der Waals surface area contributed by atoms with E-state index in [1.807, 2.05) is 67.4 Å². The molecule has 31 heavy (non-hydrogen) atoms. The predicted molar refractivity (Wildman–Crippen MR) is 123 cm³/mol. The van der Waals surface area contributed by atoms with Gasteiger partial charge in [0.05, 0.1) is 18.4 Å². The van der Waals surface area contributed by atoms with Gasteiger partial charge in [-0.3, -0.25) is 16.1 Å². The predicted octanol–water partition coefficient (Wildman–Crippen LogP) is 3.45. The van der Waals surface area contributed by atoms with Crippen molar-refractivity contribution in [1.29, 1.82) is 0 Å². The fourth-order valence-corrected chi connectivity index (χ4v) is 3.03. The number of amides is 1. The Morgan fingerprint density at radius 1 is 1.13 bits per heavy atom. The summed E-state index contributed by atoms with van der Waals surface area (Å²) in [7, 11) is 3.55. The van der Waals surface area contributed by atoms with E-state index in [9.17, 15) is 0 Å². The summed E-state index contributed by atoms with van der Waals surface area (Å²) < 4.78 is 11.5. The minimum atomic E-state index is 0.412. The largest absolute Gasteiger partial charge is 0.496 e. The Morgan fingerprint density at radius 3 is 2.48 bits per heavy atom. The first-order valence-corrected chi connectivity index (χ1v) is 9.76. The Labute approximate surface area is 186 Å². The molecular formula is C22H26ClN5O3. The van der Waals surface area contributed by atoms with Gasteiger partial charge in [0.25, 0.3) is 0 Å². The number of nitrogens with one attached hydrogen (secondary N) is 3. The molecule has 0 aliphatic heterocycles. The summed E-state index contributed by atoms with van der Waals surface area (Å²) in [6.45, 7) is 2.43. The summed E-state index contributed by atoms with van der Waals surface area (Å²) in [5, 5.41) is 3.66. The third-order valence-corrected chi connectivity index (χ3v) is 4.53. The van der Waals surface area contributed by atoms with Crippen LogP contribution in [-0.4, -0.2) is 25.6 Å². The van der Waals surface area contributed by atoms with E-state index < -0.39 is 0 Å². The maximum Gasteiger partial charge on any atom is 0.222 e. The molecule has 9 heteroatoms. The highest BCUT2D eigenvalue weighted by atomic mass is 35.5. The Balaban J connectivity index is 0.000000614. The summed E-state index contributed by atoms with van der Waals surface area (Å²) in [6, 6.07) is 17.5. The second-order valence-corrected chi connectivity index (χ2v) is 6.64. The molecule has 0 unspecified atom stereocenters. The quantitative estimate of drug-likeness (QED) is 0.182. The maximum absolute atomic E-state index is 9.15. The molecule has 0 spiro atoms. The number of anilines is 1. The molecule has 8 nitrogen and oxygen atoms in total. The topological polar surface area (TPSA) is 111 Å². The van der Waals surface area contributed by atoms with E-state index >= 15 is 0 Å². The first kappa shape index (κ1) is 23.9. The standard InChI is InChI=1S/C21H21ClN2O2.CH5N3O/c1-14-12-15(17-6-5-9-21(22)24-17)10-11-19(14)26-13-16-18(23-2)7-4-8-20(16)25-3;2-4-3-1-5/h4-12,23H,13H2,1-3H3;1,4H,2H2,(H,3,5). The summed E-state index contributed by atoms with van der Waals surface area (Å²) in [5.41, 5.74) is 8.71. The molecule has 0 atom stereocenters. The summed E-state index contributed by atoms with van der Waals surface area (Å²) in [5.74, 6) is 6.17. The highest BCUT2D eigenvalue weighted by molar-refractivity contribution is 6.29. The van der Waals surface area contributed by atoms with Crippen LogP contribution in [0.5, 0.6) is 11.5 Å². The zero-order valence-corrected chi connectivity index (χ0v) is 18.4. The van der Waals surface area contributed by atoms with Crippen LogP contribution in [0.25, 0.3) is 11.3 Å². The van der Waals surface area contributed by atoms with E-state index in [1.54, 1.807) is 13.2 Å². The van der Waals surface area contributed by atoms with Crippen LogP contribution < -0.4 is 31.6 Å². The molecule has 3 aromatic rings. The summed E-state index contributed by atoms with van der Waals surface area (Å²) in [6.07, 6.45) is 0.444. The number of nitrogens with two attached hydrogens (primary N) is 1. The summed E-state index contributed by atoms with van der Waals surface area (Å²) in [4.78, 5) is 13.5. The number of pyridine rings is 1. The van der Waals surface area contributed by atoms with E-state index in [0.29, 0.717) is 18.2 Å². The van der Waals surface area contributed by atoms with Crippen LogP contribution in [0.4, 0.5) is 5.69 Å². The monoisotopic (exact) mass is 443 g/mol. The lowest BCUT2D eigenvalue weighted by Crippen LogP contribution is -2.36. The van der Waals surface area contributed by atoms with Crippen LogP contribution in [0.15, 0.2) is 54.6 Å². The first-order valence-electron chi connectivity index (χ1n) is 9.38. The number of rotatable bonds is 8. The number of benzene rings is 2. The van der Waals surface area contributed by atoms with Crippen molar-refractivity contribution in [2.75, 3.05) is 19.5 Å². The second kappa shape index (κ2) is 12.4. The Bertz CT molecular complexity index is 978. The van der Waals surface area contributed by atoms with E-state index in [1.165, 1.54) is 0 Å². The zero-order chi connectivity index (χ0) is 22.6. The fourth-order valence-electron chi connectivity index (χ4n) is 2.86. The number of hydrogen-bond donors (Lipinski definition) is 4. The van der Waals surface area contributed by atoms with E-state index in [0.717, 1.165) is 39.6 Å². The van der Waals surface area contributed by atoms with Crippen molar-refractivity contribution in [1.82, 2.24) is 15.9 Å². The molecule has 2 aromatic carbocycles. The van der Waals surface area contributed by atoms with Gasteiger partial charge in [0.15, 0.2) is 0 Å². The average Bonchev–Trinajstić information content (AvgIpc) is 2.79. The van der Waals surface area contributed by atoms with Crippen LogP contribution in [0, 0.1) is 6.92 Å². The number of halogens is 1. The van der Waals surface area contributed by atoms with Crippen LogP contribution in [-0.2, 0) is 11.4 Å². The van der Waals surface area contributed by atoms with Gasteiger partial charge < -0.3 is 14.8 Å². The number of carbonyl (C=O) groups excluding carboxylic acids is 1. The molecule has 1 aromatic heterocycles. The smallest absolute Gasteiger partial charge is 0.222 e. The second-order valence-electron chi connectivity index (χ2n) is 6.26. The van der Waals surface area contributed by atoms with Gasteiger partial charge in [0.1, 0.15) is 23.3 Å². The van der Waals surface area contributed by atoms with Gasteiger partial charge in [0, 0.05) is 18.3 Å². The molecule has 0 saturated carbocycles. The van der Waals surface area contributed by atoms with Crippen molar-refractivity contribution in [2.24, 2.45) is 5.84 Å². The molecule has 0 bridgehead atoms. The average molecular weight is 444 g/mol. The van der Waals surface area contributed by atoms with Crippen LogP contribution in [0.2, 0.25) is 5.15 Å². The third kappa shape index (κ3) is 6.85.